The van der Waals surface area contributed by atoms with Crippen molar-refractivity contribution in [3.05, 3.63) is 33.2 Å². The molecule has 0 radical (unpaired) electrons. The number of carboxylic acids is 1. The van der Waals surface area contributed by atoms with E-state index >= 15 is 0 Å². The van der Waals surface area contributed by atoms with E-state index in [2.05, 4.69) is 20.6 Å². The van der Waals surface area contributed by atoms with Crippen LogP contribution in [0.15, 0.2) is 21.8 Å². The lowest BCUT2D eigenvalue weighted by Crippen LogP contribution is -2.71. The third kappa shape index (κ3) is 4.26. The van der Waals surface area contributed by atoms with Crippen molar-refractivity contribution >= 4 is 64.2 Å². The molecule has 2 aromatic rings. The Bertz CT molecular complexity index is 1110. The van der Waals surface area contributed by atoms with Gasteiger partial charge in [-0.2, -0.15) is 5.10 Å². The smallest absolute Gasteiger partial charge is 0.352 e. The Hall–Kier alpha value is -2.09. The van der Waals surface area contributed by atoms with E-state index < -0.39 is 35.2 Å². The predicted octanol–water partition coefficient (Wildman–Crippen LogP) is 2.10. The average Bonchev–Trinajstić information content (AvgIpc) is 3.33. The van der Waals surface area contributed by atoms with Gasteiger partial charge in [0, 0.05) is 17.7 Å². The van der Waals surface area contributed by atoms with Gasteiger partial charge in [-0.15, -0.1) is 22.0 Å². The number of nitrogens with one attached hydrogen (secondary N) is 1. The van der Waals surface area contributed by atoms with Gasteiger partial charge in [0.25, 0.3) is 5.91 Å². The highest BCUT2D eigenvalue weighted by atomic mass is 35.5. The third-order valence-electron chi connectivity index (χ3n) is 5.06. The minimum Gasteiger partial charge on any atom is -0.477 e. The zero-order valence-electron chi connectivity index (χ0n) is 17.2. The molecular formula is C18H19ClN6O4S3. The molecule has 3 unspecified atom stereocenters. The Balaban J connectivity index is 1.45. The van der Waals surface area contributed by atoms with E-state index in [9.17, 15) is 19.5 Å². The normalized spacial score (nSPS) is 21.2. The summed E-state index contributed by atoms with van der Waals surface area (Å²) in [6.07, 6.45) is 1.56. The number of carbonyl (C=O) groups excluding carboxylic acids is 2. The van der Waals surface area contributed by atoms with Gasteiger partial charge in [-0.25, -0.2) is 4.79 Å². The molecule has 2 amide bonds. The van der Waals surface area contributed by atoms with Crippen molar-refractivity contribution in [3.8, 4) is 0 Å². The lowest BCUT2D eigenvalue weighted by atomic mass is 10.0. The number of aromatic nitrogens is 4. The van der Waals surface area contributed by atoms with Gasteiger partial charge in [0.05, 0.1) is 10.7 Å². The van der Waals surface area contributed by atoms with Crippen molar-refractivity contribution in [3.63, 3.8) is 0 Å². The molecule has 4 rings (SSSR count). The van der Waals surface area contributed by atoms with Gasteiger partial charge < -0.3 is 10.4 Å². The van der Waals surface area contributed by atoms with Gasteiger partial charge in [0.2, 0.25) is 5.91 Å². The summed E-state index contributed by atoms with van der Waals surface area (Å²) in [5.41, 5.74) is 1.23. The second-order valence-electron chi connectivity index (χ2n) is 7.25. The minimum atomic E-state index is -1.16. The summed E-state index contributed by atoms with van der Waals surface area (Å²) < 4.78 is 2.18. The van der Waals surface area contributed by atoms with E-state index in [1.807, 2.05) is 6.92 Å². The highest BCUT2D eigenvalue weighted by Crippen LogP contribution is 2.42. The summed E-state index contributed by atoms with van der Waals surface area (Å²) >= 11 is 10.3. The second kappa shape index (κ2) is 9.04. The number of carbonyl (C=O) groups is 3. The van der Waals surface area contributed by atoms with Crippen LogP contribution < -0.4 is 5.32 Å². The molecule has 2 aliphatic heterocycles. The fourth-order valence-corrected chi connectivity index (χ4v) is 6.77. The molecule has 10 nitrogen and oxygen atoms in total. The summed E-state index contributed by atoms with van der Waals surface area (Å²) in [7, 11) is 0. The van der Waals surface area contributed by atoms with Gasteiger partial charge in [-0.1, -0.05) is 34.7 Å². The van der Waals surface area contributed by atoms with E-state index in [-0.39, 0.29) is 5.70 Å². The maximum atomic E-state index is 12.8. The first-order valence-corrected chi connectivity index (χ1v) is 12.7. The van der Waals surface area contributed by atoms with Gasteiger partial charge in [-0.05, 0) is 26.3 Å². The van der Waals surface area contributed by atoms with Gasteiger partial charge in [0.1, 0.15) is 28.2 Å². The molecular weight excluding hydrogens is 496 g/mol. The maximum Gasteiger partial charge on any atom is 0.352 e. The Morgan fingerprint density at radius 3 is 2.75 bits per heavy atom. The number of nitrogens with zero attached hydrogens (tertiary/aromatic N) is 5. The molecule has 14 heteroatoms. The first-order valence-electron chi connectivity index (χ1n) is 9.52. The Labute approximate surface area is 200 Å². The standard InChI is InChI=1S/C18H19ClN6O4S3/c1-7-11(19)4-24(23-7)8(2)14(26)20-12-15(27)25-13(17(28)29)10(5-30-16(12)25)6-31-18-22-21-9(3)32-18/h4,8,12,16H,5-6H2,1-3H3,(H,20,26)(H,28,29). The number of hydrogen-bond acceptors (Lipinski definition) is 9. The second-order valence-corrected chi connectivity index (χ2v) is 11.2. The number of rotatable bonds is 7. The van der Waals surface area contributed by atoms with Crippen LogP contribution in [0.25, 0.3) is 0 Å². The fraction of sp³-hybridized carbons (Fsp3) is 0.444. The highest BCUT2D eigenvalue weighted by molar-refractivity contribution is 8.01. The molecule has 1 saturated heterocycles. The summed E-state index contributed by atoms with van der Waals surface area (Å²) in [6, 6.07) is -1.47. The van der Waals surface area contributed by atoms with Crippen molar-refractivity contribution in [1.82, 2.24) is 30.2 Å². The molecule has 2 aromatic heterocycles. The van der Waals surface area contributed by atoms with Gasteiger partial charge in [0.15, 0.2) is 4.34 Å². The quantitative estimate of drug-likeness (QED) is 0.421. The predicted molar refractivity (Wildman–Crippen MR) is 122 cm³/mol. The van der Waals surface area contributed by atoms with E-state index in [0.29, 0.717) is 27.8 Å². The topological polar surface area (TPSA) is 130 Å². The zero-order valence-corrected chi connectivity index (χ0v) is 20.4. The first-order chi connectivity index (χ1) is 15.2. The Morgan fingerprint density at radius 1 is 1.41 bits per heavy atom. The number of fused-ring (bicyclic) bond motifs is 1. The summed E-state index contributed by atoms with van der Waals surface area (Å²) in [4.78, 5) is 38.7. The van der Waals surface area contributed by atoms with E-state index in [1.54, 1.807) is 20.0 Å². The molecule has 2 N–H and O–H groups in total. The highest BCUT2D eigenvalue weighted by Gasteiger charge is 2.54. The molecule has 3 atom stereocenters. The van der Waals surface area contributed by atoms with E-state index in [4.69, 9.17) is 11.6 Å². The summed E-state index contributed by atoms with van der Waals surface area (Å²) in [6.45, 7) is 5.23. The number of aryl methyl sites for hydroxylation is 2. The number of β-lactam (4-membered cyclic amide) rings is 1. The van der Waals surface area contributed by atoms with Gasteiger partial charge in [-0.3, -0.25) is 19.2 Å². The van der Waals surface area contributed by atoms with Crippen LogP contribution in [0.2, 0.25) is 5.02 Å². The lowest BCUT2D eigenvalue weighted by Gasteiger charge is -2.49. The maximum absolute atomic E-state index is 12.8. The molecule has 0 spiro atoms. The number of carboxylic acid groups (broad SMARTS) is 1. The largest absolute Gasteiger partial charge is 0.477 e. The average molecular weight is 515 g/mol. The van der Waals surface area contributed by atoms with Crippen LogP contribution in [-0.4, -0.2) is 70.7 Å². The monoisotopic (exact) mass is 514 g/mol. The summed E-state index contributed by atoms with van der Waals surface area (Å²) in [5, 5.41) is 25.5. The van der Waals surface area contributed by atoms with Crippen LogP contribution in [0, 0.1) is 13.8 Å². The van der Waals surface area contributed by atoms with Crippen molar-refractivity contribution in [2.24, 2.45) is 0 Å². The molecule has 32 heavy (non-hydrogen) atoms. The molecule has 1 fully saturated rings. The molecule has 0 aromatic carbocycles. The van der Waals surface area contributed by atoms with Gasteiger partial charge >= 0.3 is 5.97 Å². The summed E-state index contributed by atoms with van der Waals surface area (Å²) in [5.74, 6) is -1.16. The van der Waals surface area contributed by atoms with Crippen LogP contribution in [0.4, 0.5) is 0 Å². The molecule has 0 saturated carbocycles. The fourth-order valence-electron chi connectivity index (χ4n) is 3.33. The van der Waals surface area contributed by atoms with Crippen molar-refractivity contribution < 1.29 is 19.5 Å². The number of hydrogen-bond donors (Lipinski definition) is 2. The van der Waals surface area contributed by atoms with Crippen molar-refractivity contribution in [2.75, 3.05) is 11.5 Å². The van der Waals surface area contributed by atoms with Crippen LogP contribution in [0.3, 0.4) is 0 Å². The molecule has 2 aliphatic rings. The minimum absolute atomic E-state index is 0.0134. The van der Waals surface area contributed by atoms with Crippen LogP contribution >= 0.6 is 46.5 Å². The first kappa shape index (κ1) is 23.1. The number of aliphatic carboxylic acids is 1. The third-order valence-corrected chi connectivity index (χ3v) is 8.83. The van der Waals surface area contributed by atoms with Crippen molar-refractivity contribution in [1.29, 1.82) is 0 Å². The molecule has 170 valence electrons. The zero-order chi connectivity index (χ0) is 23.2. The van der Waals surface area contributed by atoms with E-state index in [0.717, 1.165) is 9.35 Å². The number of thioether (sulfide) groups is 2. The van der Waals surface area contributed by atoms with Crippen LogP contribution in [0.5, 0.6) is 0 Å². The molecule has 0 bridgehead atoms. The Morgan fingerprint density at radius 2 is 2.16 bits per heavy atom. The van der Waals surface area contributed by atoms with Crippen LogP contribution in [-0.2, 0) is 14.4 Å². The molecule has 0 aliphatic carbocycles. The lowest BCUT2D eigenvalue weighted by molar-refractivity contribution is -0.151. The SMILES string of the molecule is Cc1nnc(SCC2=C(C(=O)O)N3C(=O)C(NC(=O)C(C)n4cc(Cl)c(C)n4)C3SC2)s1. The van der Waals surface area contributed by atoms with Crippen LogP contribution in [0.1, 0.15) is 23.7 Å². The van der Waals surface area contributed by atoms with Crippen molar-refractivity contribution in [2.45, 2.75) is 42.6 Å². The number of halogens is 1. The molecule has 4 heterocycles. The van der Waals surface area contributed by atoms with E-state index in [1.165, 1.54) is 44.4 Å². The number of amides is 2. The Kier molecular flexibility index (Phi) is 6.52.